The smallest absolute Gasteiger partial charge is 0.338 e. The van der Waals surface area contributed by atoms with E-state index in [1.807, 2.05) is 60.7 Å². The van der Waals surface area contributed by atoms with Crippen molar-refractivity contribution in [2.75, 3.05) is 39.6 Å². The third kappa shape index (κ3) is 14.2. The number of hydrogen-bond acceptors (Lipinski definition) is 8. The molecule has 8 nitrogen and oxygen atoms in total. The summed E-state index contributed by atoms with van der Waals surface area (Å²) in [6, 6.07) is 33.9. The molecule has 0 atom stereocenters. The molecule has 8 heteroatoms. The number of carbonyl (C=O) groups excluding carboxylic acids is 2. The molecule has 250 valence electrons. The lowest BCUT2D eigenvalue weighted by Crippen LogP contribution is -2.08. The van der Waals surface area contributed by atoms with Gasteiger partial charge < -0.3 is 18.9 Å². The second-order valence-corrected chi connectivity index (χ2v) is 11.0. The third-order valence-electron chi connectivity index (χ3n) is 7.19. The zero-order valence-corrected chi connectivity index (χ0v) is 27.4. The van der Waals surface area contributed by atoms with Crippen LogP contribution in [0.5, 0.6) is 0 Å². The van der Waals surface area contributed by atoms with Crippen molar-refractivity contribution >= 4 is 35.7 Å². The second kappa shape index (κ2) is 21.8. The van der Waals surface area contributed by atoms with Gasteiger partial charge in [0, 0.05) is 38.9 Å². The highest BCUT2D eigenvalue weighted by Gasteiger charge is 2.08. The highest BCUT2D eigenvalue weighted by molar-refractivity contribution is 5.90. The van der Waals surface area contributed by atoms with Gasteiger partial charge in [0.1, 0.15) is 0 Å². The highest BCUT2D eigenvalue weighted by Crippen LogP contribution is 2.15. The van der Waals surface area contributed by atoms with Gasteiger partial charge in [-0.2, -0.15) is 0 Å². The van der Waals surface area contributed by atoms with Crippen LogP contribution >= 0.6 is 0 Å². The van der Waals surface area contributed by atoms with E-state index in [4.69, 9.17) is 18.9 Å². The first-order valence-electron chi connectivity index (χ1n) is 16.6. The number of carbonyl (C=O) groups is 2. The molecule has 0 radical (unpaired) electrons. The Hall–Kier alpha value is -4.92. The number of aliphatic imine (C=N–C) groups is 2. The highest BCUT2D eigenvalue weighted by atomic mass is 16.5. The summed E-state index contributed by atoms with van der Waals surface area (Å²) in [6.07, 6.45) is 8.60. The van der Waals surface area contributed by atoms with E-state index in [-0.39, 0.29) is 11.9 Å². The number of nitrogens with zero attached hydrogens (tertiary/aromatic N) is 2. The van der Waals surface area contributed by atoms with Crippen LogP contribution < -0.4 is 0 Å². The van der Waals surface area contributed by atoms with Crippen molar-refractivity contribution in [3.8, 4) is 0 Å². The Kier molecular flexibility index (Phi) is 16.3. The summed E-state index contributed by atoms with van der Waals surface area (Å²) in [4.78, 5) is 33.4. The van der Waals surface area contributed by atoms with Gasteiger partial charge in [0.15, 0.2) is 0 Å². The maximum atomic E-state index is 12.3. The van der Waals surface area contributed by atoms with E-state index in [1.165, 1.54) is 0 Å². The minimum atomic E-state index is -0.331. The summed E-state index contributed by atoms with van der Waals surface area (Å²) in [5.74, 6) is -0.662. The van der Waals surface area contributed by atoms with Crippen molar-refractivity contribution in [3.63, 3.8) is 0 Å². The van der Waals surface area contributed by atoms with Gasteiger partial charge in [0.25, 0.3) is 0 Å². The van der Waals surface area contributed by atoms with E-state index in [0.29, 0.717) is 50.8 Å². The molecule has 0 amide bonds. The average molecular weight is 649 g/mol. The van der Waals surface area contributed by atoms with Crippen LogP contribution in [0, 0.1) is 0 Å². The van der Waals surface area contributed by atoms with Crippen LogP contribution in [0.15, 0.2) is 119 Å². The predicted molar refractivity (Wildman–Crippen MR) is 190 cm³/mol. The molecule has 0 aliphatic carbocycles. The summed E-state index contributed by atoms with van der Waals surface area (Å²) in [6.45, 7) is 3.36. The normalized spacial score (nSPS) is 11.2. The second-order valence-electron chi connectivity index (χ2n) is 11.0. The molecule has 0 aliphatic rings. The minimum absolute atomic E-state index is 0.331. The Balaban J connectivity index is 0.915. The van der Waals surface area contributed by atoms with E-state index >= 15 is 0 Å². The summed E-state index contributed by atoms with van der Waals surface area (Å²) in [7, 11) is 0. The van der Waals surface area contributed by atoms with Crippen LogP contribution in [-0.2, 0) is 18.9 Å². The van der Waals surface area contributed by atoms with Crippen LogP contribution in [0.1, 0.15) is 70.4 Å². The number of benzene rings is 4. The zero-order chi connectivity index (χ0) is 33.5. The molecule has 4 aromatic carbocycles. The number of ether oxygens (including phenoxy) is 4. The molecule has 0 saturated carbocycles. The lowest BCUT2D eigenvalue weighted by Gasteiger charge is -2.07. The van der Waals surface area contributed by atoms with Gasteiger partial charge in [-0.3, -0.25) is 9.98 Å². The molecule has 0 unspecified atom stereocenters. The van der Waals surface area contributed by atoms with Gasteiger partial charge in [-0.15, -0.1) is 0 Å². The monoisotopic (exact) mass is 648 g/mol. The molecule has 0 N–H and O–H groups in total. The average Bonchev–Trinajstić information content (AvgIpc) is 3.14. The number of esters is 2. The van der Waals surface area contributed by atoms with Gasteiger partial charge in [-0.05, 0) is 98.2 Å². The van der Waals surface area contributed by atoms with Crippen LogP contribution in [0.2, 0.25) is 0 Å². The molecule has 0 aliphatic heterocycles. The Morgan fingerprint density at radius 2 is 0.771 bits per heavy atom. The standard InChI is InChI=1S/C40H44N2O6/c43-39(35-17-21-37(22-18-35)41-31-33-13-3-1-4-14-33)47-29-11-9-27-45-25-7-8-26-46-28-10-12-30-48-40(44)36-19-23-38(24-20-36)42-32-34-15-5-2-6-16-34/h1-6,13-24,31-32H,7-12,25-30H2. The first kappa shape index (κ1) is 35.9. The summed E-state index contributed by atoms with van der Waals surface area (Å²) >= 11 is 0. The van der Waals surface area contributed by atoms with Crippen LogP contribution in [-0.4, -0.2) is 64.0 Å². The molecule has 0 saturated heterocycles. The van der Waals surface area contributed by atoms with Crippen LogP contribution in [0.25, 0.3) is 0 Å². The number of hydrogen-bond donors (Lipinski definition) is 0. The van der Waals surface area contributed by atoms with E-state index in [1.54, 1.807) is 61.0 Å². The maximum absolute atomic E-state index is 12.3. The zero-order valence-electron chi connectivity index (χ0n) is 27.4. The van der Waals surface area contributed by atoms with E-state index in [2.05, 4.69) is 9.98 Å². The Labute approximate surface area is 283 Å². The fourth-order valence-corrected chi connectivity index (χ4v) is 4.46. The molecular weight excluding hydrogens is 604 g/mol. The molecule has 0 heterocycles. The van der Waals surface area contributed by atoms with Crippen molar-refractivity contribution in [1.82, 2.24) is 0 Å². The molecule has 4 rings (SSSR count). The van der Waals surface area contributed by atoms with Crippen LogP contribution in [0.3, 0.4) is 0 Å². The summed E-state index contributed by atoms with van der Waals surface area (Å²) in [5, 5.41) is 0. The maximum Gasteiger partial charge on any atom is 0.338 e. The van der Waals surface area contributed by atoms with Crippen molar-refractivity contribution in [2.24, 2.45) is 9.98 Å². The fraction of sp³-hybridized carbons (Fsp3) is 0.300. The first-order valence-corrected chi connectivity index (χ1v) is 16.6. The first-order chi connectivity index (χ1) is 23.7. The van der Waals surface area contributed by atoms with Crippen molar-refractivity contribution in [3.05, 3.63) is 131 Å². The largest absolute Gasteiger partial charge is 0.462 e. The van der Waals surface area contributed by atoms with Gasteiger partial charge in [0.05, 0.1) is 35.7 Å². The minimum Gasteiger partial charge on any atom is -0.462 e. The fourth-order valence-electron chi connectivity index (χ4n) is 4.46. The number of unbranched alkanes of at least 4 members (excludes halogenated alkanes) is 3. The van der Waals surface area contributed by atoms with E-state index < -0.39 is 0 Å². The Bertz CT molecular complexity index is 1420. The Morgan fingerprint density at radius 3 is 1.12 bits per heavy atom. The van der Waals surface area contributed by atoms with Crippen molar-refractivity contribution in [2.45, 2.75) is 38.5 Å². The molecule has 0 spiro atoms. The molecule has 0 fully saturated rings. The quantitative estimate of drug-likeness (QED) is 0.0510. The van der Waals surface area contributed by atoms with Crippen molar-refractivity contribution in [1.29, 1.82) is 0 Å². The topological polar surface area (TPSA) is 95.8 Å². The molecule has 4 aromatic rings. The number of rotatable bonds is 21. The van der Waals surface area contributed by atoms with E-state index in [0.717, 1.165) is 61.0 Å². The third-order valence-corrected chi connectivity index (χ3v) is 7.19. The molecular formula is C40H44N2O6. The van der Waals surface area contributed by atoms with Crippen LogP contribution in [0.4, 0.5) is 11.4 Å². The predicted octanol–water partition coefficient (Wildman–Crippen LogP) is 8.58. The van der Waals surface area contributed by atoms with E-state index in [9.17, 15) is 9.59 Å². The summed E-state index contributed by atoms with van der Waals surface area (Å²) in [5.41, 5.74) is 4.62. The lowest BCUT2D eigenvalue weighted by atomic mass is 10.2. The van der Waals surface area contributed by atoms with Gasteiger partial charge >= 0.3 is 11.9 Å². The van der Waals surface area contributed by atoms with Gasteiger partial charge in [0.2, 0.25) is 0 Å². The lowest BCUT2D eigenvalue weighted by molar-refractivity contribution is 0.0465. The molecule has 0 aromatic heterocycles. The van der Waals surface area contributed by atoms with Crippen molar-refractivity contribution < 1.29 is 28.5 Å². The Morgan fingerprint density at radius 1 is 0.438 bits per heavy atom. The SMILES string of the molecule is O=C(OCCCCOCCCCOCCCCOC(=O)c1ccc(N=Cc2ccccc2)cc1)c1ccc(N=Cc2ccccc2)cc1. The summed E-state index contributed by atoms with van der Waals surface area (Å²) < 4.78 is 22.1. The van der Waals surface area contributed by atoms with Gasteiger partial charge in [-0.25, -0.2) is 9.59 Å². The molecule has 0 bridgehead atoms. The molecule has 48 heavy (non-hydrogen) atoms. The van der Waals surface area contributed by atoms with Gasteiger partial charge in [-0.1, -0.05) is 60.7 Å².